The molecule has 0 aromatic rings. The molecule has 0 spiro atoms. The Labute approximate surface area is 126 Å². The summed E-state index contributed by atoms with van der Waals surface area (Å²) in [4.78, 5) is 22.5. The van der Waals surface area contributed by atoms with Crippen LogP contribution in [0, 0.1) is 11.8 Å². The minimum atomic E-state index is -3.15. The highest BCUT2D eigenvalue weighted by Gasteiger charge is 2.19. The fraction of sp³-hybridized carbons (Fsp3) is 0.846. The number of hydrogen-bond donors (Lipinski definition) is 3. The number of nitrogens with two attached hydrogens (primary N) is 1. The molecule has 0 heterocycles. The summed E-state index contributed by atoms with van der Waals surface area (Å²) in [5, 5.41) is 11.4. The number of sulfone groups is 1. The van der Waals surface area contributed by atoms with Gasteiger partial charge < -0.3 is 16.2 Å². The zero-order chi connectivity index (χ0) is 16.6. The Balaban J connectivity index is 4.30. The summed E-state index contributed by atoms with van der Waals surface area (Å²) in [5.74, 6) is -1.33. The molecule has 0 aromatic carbocycles. The van der Waals surface area contributed by atoms with Crippen LogP contribution in [0.25, 0.3) is 0 Å². The molecule has 2 atom stereocenters. The zero-order valence-corrected chi connectivity index (χ0v) is 13.6. The highest BCUT2D eigenvalue weighted by atomic mass is 32.2. The van der Waals surface area contributed by atoms with Crippen molar-refractivity contribution in [3.05, 3.63) is 0 Å². The van der Waals surface area contributed by atoms with Gasteiger partial charge in [0, 0.05) is 19.2 Å². The minimum absolute atomic E-state index is 0.0168. The summed E-state index contributed by atoms with van der Waals surface area (Å²) in [6, 6.07) is -0.899. The van der Waals surface area contributed by atoms with Crippen LogP contribution in [0.4, 0.5) is 0 Å². The first kappa shape index (κ1) is 19.9. The molecule has 0 aliphatic carbocycles. The van der Waals surface area contributed by atoms with E-state index in [0.717, 1.165) is 6.26 Å². The molecule has 1 amide bonds. The Morgan fingerprint density at radius 3 is 2.29 bits per heavy atom. The molecule has 0 saturated carbocycles. The number of nitrogens with one attached hydrogen (secondary N) is 1. The lowest BCUT2D eigenvalue weighted by atomic mass is 9.94. The summed E-state index contributed by atoms with van der Waals surface area (Å²) >= 11 is 0. The molecular weight excluding hydrogens is 296 g/mol. The third-order valence-corrected chi connectivity index (χ3v) is 3.95. The normalized spacial score (nSPS) is 14.7. The molecular formula is C13H26N2O5S. The van der Waals surface area contributed by atoms with Crippen LogP contribution >= 0.6 is 0 Å². The lowest BCUT2D eigenvalue weighted by Gasteiger charge is -2.19. The molecule has 0 aromatic heterocycles. The van der Waals surface area contributed by atoms with E-state index in [1.807, 2.05) is 13.8 Å². The zero-order valence-electron chi connectivity index (χ0n) is 12.8. The number of carboxylic acid groups (broad SMARTS) is 1. The van der Waals surface area contributed by atoms with Crippen molar-refractivity contribution in [1.82, 2.24) is 5.32 Å². The number of carbonyl (C=O) groups excluding carboxylic acids is 1. The highest BCUT2D eigenvalue weighted by molar-refractivity contribution is 7.90. The topological polar surface area (TPSA) is 127 Å². The summed E-state index contributed by atoms with van der Waals surface area (Å²) in [6.07, 6.45) is 1.81. The Bertz CT molecular complexity index is 447. The summed E-state index contributed by atoms with van der Waals surface area (Å²) in [7, 11) is -3.15. The van der Waals surface area contributed by atoms with Crippen molar-refractivity contribution in [3.63, 3.8) is 0 Å². The second kappa shape index (κ2) is 8.99. The van der Waals surface area contributed by atoms with Gasteiger partial charge in [-0.2, -0.15) is 0 Å². The first-order valence-electron chi connectivity index (χ1n) is 6.94. The maximum atomic E-state index is 11.8. The fourth-order valence-corrected chi connectivity index (χ4v) is 2.68. The molecule has 124 valence electrons. The van der Waals surface area contributed by atoms with Crippen LogP contribution in [0.3, 0.4) is 0 Å². The van der Waals surface area contributed by atoms with Crippen LogP contribution < -0.4 is 11.1 Å². The van der Waals surface area contributed by atoms with E-state index < -0.39 is 27.8 Å². The van der Waals surface area contributed by atoms with Crippen molar-refractivity contribution in [2.45, 2.75) is 39.2 Å². The average Bonchev–Trinajstić information content (AvgIpc) is 2.30. The number of amides is 1. The molecule has 21 heavy (non-hydrogen) atoms. The molecule has 7 nitrogen and oxygen atoms in total. The summed E-state index contributed by atoms with van der Waals surface area (Å²) < 4.78 is 22.0. The van der Waals surface area contributed by atoms with Crippen molar-refractivity contribution in [3.8, 4) is 0 Å². The molecule has 0 rings (SSSR count). The van der Waals surface area contributed by atoms with Crippen LogP contribution in [-0.4, -0.2) is 50.0 Å². The maximum absolute atomic E-state index is 11.8. The van der Waals surface area contributed by atoms with E-state index in [0.29, 0.717) is 12.3 Å². The molecule has 0 aliphatic heterocycles. The molecule has 8 heteroatoms. The highest BCUT2D eigenvalue weighted by Crippen LogP contribution is 2.14. The van der Waals surface area contributed by atoms with Gasteiger partial charge in [0.05, 0.1) is 11.8 Å². The number of aliphatic carboxylic acids is 1. The Hall–Kier alpha value is -1.15. The summed E-state index contributed by atoms with van der Waals surface area (Å²) in [6.45, 7) is 4.19. The SMILES string of the molecule is CC(C)CC(CNC(=O)C(N)CCS(C)(=O)=O)CC(=O)O. The predicted molar refractivity (Wildman–Crippen MR) is 80.5 cm³/mol. The van der Waals surface area contributed by atoms with E-state index in [-0.39, 0.29) is 31.1 Å². The molecule has 0 radical (unpaired) electrons. The van der Waals surface area contributed by atoms with Crippen LogP contribution in [0.2, 0.25) is 0 Å². The van der Waals surface area contributed by atoms with Crippen molar-refractivity contribution in [2.75, 3.05) is 18.6 Å². The van der Waals surface area contributed by atoms with Gasteiger partial charge in [-0.3, -0.25) is 9.59 Å². The van der Waals surface area contributed by atoms with Gasteiger partial charge in [0.15, 0.2) is 0 Å². The molecule has 0 saturated heterocycles. The van der Waals surface area contributed by atoms with Crippen molar-refractivity contribution >= 4 is 21.7 Å². The van der Waals surface area contributed by atoms with E-state index >= 15 is 0 Å². The van der Waals surface area contributed by atoms with E-state index in [1.165, 1.54) is 0 Å². The molecule has 0 aliphatic rings. The van der Waals surface area contributed by atoms with E-state index in [2.05, 4.69) is 5.32 Å². The van der Waals surface area contributed by atoms with Gasteiger partial charge >= 0.3 is 5.97 Å². The third-order valence-electron chi connectivity index (χ3n) is 2.97. The first-order valence-corrected chi connectivity index (χ1v) is 9.00. The Kier molecular flexibility index (Phi) is 8.50. The quantitative estimate of drug-likeness (QED) is 0.520. The molecule has 4 N–H and O–H groups in total. The largest absolute Gasteiger partial charge is 0.481 e. The number of hydrogen-bond acceptors (Lipinski definition) is 5. The van der Waals surface area contributed by atoms with Crippen molar-refractivity contribution < 1.29 is 23.1 Å². The lowest BCUT2D eigenvalue weighted by Crippen LogP contribution is -2.43. The Morgan fingerprint density at radius 1 is 1.29 bits per heavy atom. The summed E-state index contributed by atoms with van der Waals surface area (Å²) in [5.41, 5.74) is 5.62. The molecule has 0 bridgehead atoms. The number of rotatable bonds is 10. The number of carboxylic acids is 1. The van der Waals surface area contributed by atoms with Gasteiger partial charge in [-0.15, -0.1) is 0 Å². The van der Waals surface area contributed by atoms with Gasteiger partial charge in [0.1, 0.15) is 9.84 Å². The minimum Gasteiger partial charge on any atom is -0.481 e. The van der Waals surface area contributed by atoms with Gasteiger partial charge in [-0.05, 0) is 24.7 Å². The van der Waals surface area contributed by atoms with Gasteiger partial charge in [-0.1, -0.05) is 13.8 Å². The Morgan fingerprint density at radius 2 is 1.86 bits per heavy atom. The van der Waals surface area contributed by atoms with Gasteiger partial charge in [0.2, 0.25) is 5.91 Å². The van der Waals surface area contributed by atoms with E-state index in [4.69, 9.17) is 10.8 Å². The fourth-order valence-electron chi connectivity index (χ4n) is 2.00. The average molecular weight is 322 g/mol. The van der Waals surface area contributed by atoms with Gasteiger partial charge in [0.25, 0.3) is 0 Å². The van der Waals surface area contributed by atoms with E-state index in [1.54, 1.807) is 0 Å². The molecule has 2 unspecified atom stereocenters. The van der Waals surface area contributed by atoms with Crippen molar-refractivity contribution in [2.24, 2.45) is 17.6 Å². The van der Waals surface area contributed by atoms with Crippen LogP contribution in [0.15, 0.2) is 0 Å². The van der Waals surface area contributed by atoms with Crippen LogP contribution in [-0.2, 0) is 19.4 Å². The second-order valence-corrected chi connectivity index (χ2v) is 8.12. The third kappa shape index (κ3) is 11.2. The maximum Gasteiger partial charge on any atom is 0.303 e. The van der Waals surface area contributed by atoms with Crippen molar-refractivity contribution in [1.29, 1.82) is 0 Å². The smallest absolute Gasteiger partial charge is 0.303 e. The van der Waals surface area contributed by atoms with Crippen LogP contribution in [0.1, 0.15) is 33.1 Å². The standard InChI is InChI=1S/C13H26N2O5S/c1-9(2)6-10(7-12(16)17)8-15-13(18)11(14)4-5-21(3,19)20/h9-11H,4-8,14H2,1-3H3,(H,15,18)(H,16,17). The monoisotopic (exact) mass is 322 g/mol. The predicted octanol–water partition coefficient (Wildman–Crippen LogP) is 0.00160. The first-order chi connectivity index (χ1) is 9.51. The second-order valence-electron chi connectivity index (χ2n) is 5.86. The van der Waals surface area contributed by atoms with E-state index in [9.17, 15) is 18.0 Å². The lowest BCUT2D eigenvalue weighted by molar-refractivity contribution is -0.138. The van der Waals surface area contributed by atoms with Gasteiger partial charge in [-0.25, -0.2) is 8.42 Å². The van der Waals surface area contributed by atoms with Crippen LogP contribution in [0.5, 0.6) is 0 Å². The molecule has 0 fully saturated rings. The number of carbonyl (C=O) groups is 2.